The lowest BCUT2D eigenvalue weighted by Crippen LogP contribution is -2.21. The van der Waals surface area contributed by atoms with E-state index in [1.54, 1.807) is 6.07 Å². The van der Waals surface area contributed by atoms with E-state index in [1.165, 1.54) is 51.2 Å². The van der Waals surface area contributed by atoms with Crippen LogP contribution in [0.25, 0.3) is 0 Å². The molecule has 158 valence electrons. The lowest BCUT2D eigenvalue weighted by atomic mass is 10.1. The molecule has 1 aromatic carbocycles. The van der Waals surface area contributed by atoms with Crippen LogP contribution >= 0.6 is 0 Å². The molecule has 0 saturated heterocycles. The Morgan fingerprint density at radius 3 is 2.18 bits per heavy atom. The van der Waals surface area contributed by atoms with Gasteiger partial charge in [-0.05, 0) is 32.4 Å². The number of hydrazone groups is 1. The highest BCUT2D eigenvalue weighted by Crippen LogP contribution is 2.23. The molecule has 0 atom stereocenters. The zero-order valence-corrected chi connectivity index (χ0v) is 18.0. The smallest absolute Gasteiger partial charge is 0.240 e. The number of amides is 1. The van der Waals surface area contributed by atoms with E-state index in [-0.39, 0.29) is 11.7 Å². The monoisotopic (exact) mass is 389 g/mol. The first kappa shape index (κ1) is 24.0. The number of unbranched alkanes of at least 4 members (excludes halogenated alkanes) is 8. The van der Waals surface area contributed by atoms with Gasteiger partial charge >= 0.3 is 0 Å². The maximum Gasteiger partial charge on any atom is 0.240 e. The van der Waals surface area contributed by atoms with Crippen LogP contribution in [0.5, 0.6) is 5.75 Å². The van der Waals surface area contributed by atoms with Gasteiger partial charge in [0.1, 0.15) is 5.75 Å². The molecule has 0 fully saturated rings. The number of benzene rings is 1. The molecule has 0 spiro atoms. The Kier molecular flexibility index (Phi) is 12.8. The second kappa shape index (κ2) is 14.9. The molecule has 0 aromatic heterocycles. The predicted octanol–water partition coefficient (Wildman–Crippen LogP) is 5.61. The topological polar surface area (TPSA) is 64.9 Å². The third-order valence-corrected chi connectivity index (χ3v) is 5.04. The molecule has 0 aliphatic rings. The zero-order valence-electron chi connectivity index (χ0n) is 18.0. The Balaban J connectivity index is 2.23. The minimum Gasteiger partial charge on any atom is -0.507 e. The number of hydrogen-bond donors (Lipinski definition) is 2. The summed E-state index contributed by atoms with van der Waals surface area (Å²) in [6, 6.07) is 5.51. The van der Waals surface area contributed by atoms with Gasteiger partial charge in [-0.1, -0.05) is 58.3 Å². The van der Waals surface area contributed by atoms with Crippen LogP contribution in [0, 0.1) is 0 Å². The van der Waals surface area contributed by atoms with Gasteiger partial charge in [0.2, 0.25) is 5.91 Å². The van der Waals surface area contributed by atoms with Crippen LogP contribution in [0.15, 0.2) is 23.3 Å². The van der Waals surface area contributed by atoms with E-state index in [0.29, 0.717) is 12.0 Å². The second-order valence-corrected chi connectivity index (χ2v) is 7.29. The molecule has 0 radical (unpaired) electrons. The summed E-state index contributed by atoms with van der Waals surface area (Å²) < 4.78 is 0. The number of nitrogens with one attached hydrogen (secondary N) is 1. The summed E-state index contributed by atoms with van der Waals surface area (Å²) in [4.78, 5) is 14.0. The van der Waals surface area contributed by atoms with Crippen LogP contribution in [0.1, 0.15) is 90.5 Å². The average Bonchev–Trinajstić information content (AvgIpc) is 2.69. The van der Waals surface area contributed by atoms with Gasteiger partial charge in [-0.15, -0.1) is 0 Å². The minimum atomic E-state index is -0.0709. The molecule has 28 heavy (non-hydrogen) atoms. The summed E-state index contributed by atoms with van der Waals surface area (Å²) in [5.74, 6) is 0.0970. The number of hydrogen-bond acceptors (Lipinski definition) is 4. The molecule has 1 aromatic rings. The lowest BCUT2D eigenvalue weighted by Gasteiger charge is -2.21. The van der Waals surface area contributed by atoms with Gasteiger partial charge in [0.25, 0.3) is 0 Å². The van der Waals surface area contributed by atoms with E-state index in [1.807, 2.05) is 12.1 Å². The van der Waals surface area contributed by atoms with Crippen molar-refractivity contribution in [3.05, 3.63) is 23.8 Å². The summed E-state index contributed by atoms with van der Waals surface area (Å²) in [6.45, 7) is 8.18. The Morgan fingerprint density at radius 1 is 1.00 bits per heavy atom. The molecule has 1 rings (SSSR count). The molecule has 0 bridgehead atoms. The number of phenols is 1. The lowest BCUT2D eigenvalue weighted by molar-refractivity contribution is -0.121. The van der Waals surface area contributed by atoms with Crippen molar-refractivity contribution in [2.75, 3.05) is 18.0 Å². The van der Waals surface area contributed by atoms with Crippen LogP contribution in [-0.2, 0) is 4.79 Å². The van der Waals surface area contributed by atoms with Crippen LogP contribution in [-0.4, -0.2) is 30.3 Å². The fourth-order valence-electron chi connectivity index (χ4n) is 3.25. The summed E-state index contributed by atoms with van der Waals surface area (Å²) in [7, 11) is 0. The molecule has 0 unspecified atom stereocenters. The normalized spacial score (nSPS) is 11.1. The molecular formula is C23H39N3O2. The van der Waals surface area contributed by atoms with Gasteiger partial charge in [0.05, 0.1) is 6.21 Å². The highest BCUT2D eigenvalue weighted by atomic mass is 16.3. The number of rotatable bonds is 15. The Hall–Kier alpha value is -2.04. The second-order valence-electron chi connectivity index (χ2n) is 7.29. The first-order chi connectivity index (χ1) is 13.6. The highest BCUT2D eigenvalue weighted by Gasteiger charge is 2.06. The fourth-order valence-corrected chi connectivity index (χ4v) is 3.25. The maximum absolute atomic E-state index is 11.9. The number of aromatic hydroxyl groups is 1. The van der Waals surface area contributed by atoms with Crippen LogP contribution in [0.2, 0.25) is 0 Å². The zero-order chi connectivity index (χ0) is 20.6. The predicted molar refractivity (Wildman–Crippen MR) is 119 cm³/mol. The first-order valence-electron chi connectivity index (χ1n) is 11.0. The van der Waals surface area contributed by atoms with Gasteiger partial charge in [-0.3, -0.25) is 4.79 Å². The van der Waals surface area contributed by atoms with Gasteiger partial charge in [-0.25, -0.2) is 5.43 Å². The number of carbonyl (C=O) groups excluding carboxylic acids is 1. The third kappa shape index (κ3) is 9.77. The van der Waals surface area contributed by atoms with E-state index < -0.39 is 0 Å². The highest BCUT2D eigenvalue weighted by molar-refractivity contribution is 5.86. The molecule has 0 aliphatic carbocycles. The minimum absolute atomic E-state index is 0.0709. The molecule has 1 amide bonds. The number of nitrogens with zero attached hydrogens (tertiary/aromatic N) is 2. The maximum atomic E-state index is 11.9. The standard InChI is InChI=1S/C23H39N3O2/c1-4-7-8-9-10-11-12-13-14-15-23(28)25-24-19-20-16-17-21(18-22(20)27)26(5-2)6-3/h16-19,27H,4-15H2,1-3H3,(H,25,28)/b24-19+. The quantitative estimate of drug-likeness (QED) is 0.233. The van der Waals surface area contributed by atoms with Crippen LogP contribution < -0.4 is 10.3 Å². The molecule has 5 heteroatoms. The van der Waals surface area contributed by atoms with Gasteiger partial charge in [0.15, 0.2) is 0 Å². The summed E-state index contributed by atoms with van der Waals surface area (Å²) in [6.07, 6.45) is 13.1. The van der Waals surface area contributed by atoms with Crippen molar-refractivity contribution < 1.29 is 9.90 Å². The van der Waals surface area contributed by atoms with Gasteiger partial charge in [0, 0.05) is 36.8 Å². The number of anilines is 1. The SMILES string of the molecule is CCCCCCCCCCCC(=O)N/N=C/c1ccc(N(CC)CC)cc1O. The molecule has 0 aliphatic heterocycles. The third-order valence-electron chi connectivity index (χ3n) is 5.04. The van der Waals surface area contributed by atoms with Crippen LogP contribution in [0.4, 0.5) is 5.69 Å². The molecule has 5 nitrogen and oxygen atoms in total. The van der Waals surface area contributed by atoms with E-state index in [0.717, 1.165) is 31.6 Å². The molecule has 0 saturated carbocycles. The van der Waals surface area contributed by atoms with Crippen molar-refractivity contribution in [3.63, 3.8) is 0 Å². The average molecular weight is 390 g/mol. The van der Waals surface area contributed by atoms with E-state index >= 15 is 0 Å². The molecule has 2 N–H and O–H groups in total. The fraction of sp³-hybridized carbons (Fsp3) is 0.652. The van der Waals surface area contributed by atoms with E-state index in [9.17, 15) is 9.90 Å². The van der Waals surface area contributed by atoms with Crippen molar-refractivity contribution in [2.24, 2.45) is 5.10 Å². The van der Waals surface area contributed by atoms with E-state index in [2.05, 4.69) is 36.2 Å². The molecular weight excluding hydrogens is 350 g/mol. The summed E-state index contributed by atoms with van der Waals surface area (Å²) in [5, 5.41) is 14.1. The van der Waals surface area contributed by atoms with E-state index in [4.69, 9.17) is 0 Å². The largest absolute Gasteiger partial charge is 0.507 e. The Labute approximate surface area is 171 Å². The van der Waals surface area contributed by atoms with Gasteiger partial charge < -0.3 is 10.0 Å². The van der Waals surface area contributed by atoms with Crippen LogP contribution in [0.3, 0.4) is 0 Å². The van der Waals surface area contributed by atoms with Crippen molar-refractivity contribution in [1.29, 1.82) is 0 Å². The Bertz CT molecular complexity index is 583. The summed E-state index contributed by atoms with van der Waals surface area (Å²) in [5.41, 5.74) is 4.13. The van der Waals surface area contributed by atoms with Crippen molar-refractivity contribution >= 4 is 17.8 Å². The van der Waals surface area contributed by atoms with Crippen molar-refractivity contribution in [1.82, 2.24) is 5.43 Å². The Morgan fingerprint density at radius 2 is 1.61 bits per heavy atom. The van der Waals surface area contributed by atoms with Crippen molar-refractivity contribution in [2.45, 2.75) is 85.0 Å². The summed E-state index contributed by atoms with van der Waals surface area (Å²) >= 11 is 0. The van der Waals surface area contributed by atoms with Crippen molar-refractivity contribution in [3.8, 4) is 5.75 Å². The number of carbonyl (C=O) groups is 1. The van der Waals surface area contributed by atoms with Gasteiger partial charge in [-0.2, -0.15) is 5.10 Å². The first-order valence-corrected chi connectivity index (χ1v) is 11.0. The number of phenolic OH excluding ortho intramolecular Hbond substituents is 1. The molecule has 0 heterocycles.